The van der Waals surface area contributed by atoms with Gasteiger partial charge in [-0.25, -0.2) is 0 Å². The van der Waals surface area contributed by atoms with Crippen LogP contribution in [0.25, 0.3) is 0 Å². The molecule has 2 radical (unpaired) electrons. The van der Waals surface area contributed by atoms with Crippen LogP contribution < -0.4 is 0 Å². The molecular formula is H5AlCeCoCuMgNi. The molecule has 0 saturated heterocycles. The van der Waals surface area contributed by atoms with Gasteiger partial charge in [0.15, 0.2) is 17.4 Å². The van der Waals surface area contributed by atoms with Crippen molar-refractivity contribution in [1.82, 2.24) is 0 Å². The normalized spacial score (nSPS) is 0. The van der Waals surface area contributed by atoms with Gasteiger partial charge in [0, 0.05) is 92.1 Å². The summed E-state index contributed by atoms with van der Waals surface area (Å²) < 4.78 is 0. The molecule has 0 fully saturated rings. The summed E-state index contributed by atoms with van der Waals surface area (Å²) in [6.07, 6.45) is 0. The first kappa shape index (κ1) is 49.0. The largest absolute Gasteiger partial charge is 0.316 e. The molecule has 0 bridgehead atoms. The number of hydrogen-bond acceptors (Lipinski definition) is 0. The maximum atomic E-state index is 0. The van der Waals surface area contributed by atoms with Crippen molar-refractivity contribution in [1.29, 1.82) is 0 Å². The Labute approximate surface area is 129 Å². The summed E-state index contributed by atoms with van der Waals surface area (Å²) in [4.78, 5) is 0. The second-order valence-corrected chi connectivity index (χ2v) is 0. The molecule has 0 aromatic rings. The van der Waals surface area contributed by atoms with Gasteiger partial charge in [-0.3, -0.25) is 0 Å². The standard InChI is InChI=1S/Al.Ce.Co.Cu.Mg.Ni.5H. The smallest absolute Gasteiger partial charge is 0 e. The molecule has 0 amide bonds. The molecule has 44 valence electrons. The minimum Gasteiger partial charge on any atom is 0 e. The molecule has 0 nitrogen and oxygen atoms in total. The molecule has 0 aromatic carbocycles. The monoisotopic (exact) mass is 376 g/mol. The number of rotatable bonds is 0. The molecule has 0 spiro atoms. The van der Waals surface area contributed by atoms with Gasteiger partial charge in [-0.1, -0.05) is 0 Å². The van der Waals surface area contributed by atoms with E-state index < -0.39 is 0 Å². The predicted octanol–water partition coefficient (Wildman–Crippen LogP) is -2.11. The average molecular weight is 378 g/mol. The average Bonchev–Trinajstić information content (AvgIpc) is 0. The Morgan fingerprint density at radius 3 is 1.00 bits per heavy atom. The van der Waals surface area contributed by atoms with Crippen LogP contribution in [0.15, 0.2) is 0 Å². The minimum atomic E-state index is 0. The summed E-state index contributed by atoms with van der Waals surface area (Å²) in [5, 5.41) is 0. The van der Waals surface area contributed by atoms with Crippen molar-refractivity contribution in [2.45, 2.75) is 0 Å². The first-order chi connectivity index (χ1) is 0. The molecule has 0 aromatic heterocycles. The summed E-state index contributed by atoms with van der Waals surface area (Å²) in [6, 6.07) is 0. The molecule has 0 rings (SSSR count). The van der Waals surface area contributed by atoms with Crippen LogP contribution in [0.3, 0.4) is 0 Å². The van der Waals surface area contributed by atoms with Gasteiger partial charge in [0.05, 0.1) is 0 Å². The van der Waals surface area contributed by atoms with Crippen LogP contribution in [0.2, 0.25) is 0 Å². The van der Waals surface area contributed by atoms with Gasteiger partial charge in [0.2, 0.25) is 0 Å². The van der Waals surface area contributed by atoms with E-state index in [-0.39, 0.29) is 133 Å². The third kappa shape index (κ3) is 24.1. The molecule has 0 N–H and O–H groups in total. The Hall–Kier alpha value is 4.19. The fraction of sp³-hybridized carbons (Fsp3) is 0. The molecule has 0 unspecified atom stereocenters. The van der Waals surface area contributed by atoms with E-state index >= 15 is 0 Å². The summed E-state index contributed by atoms with van der Waals surface area (Å²) >= 11 is 0. The molecule has 0 aliphatic heterocycles. The summed E-state index contributed by atoms with van der Waals surface area (Å²) in [5.41, 5.74) is 0. The molecule has 0 saturated carbocycles. The maximum absolute atomic E-state index is 0. The quantitative estimate of drug-likeness (QED) is 0.424. The molecule has 0 atom stereocenters. The van der Waals surface area contributed by atoms with Crippen molar-refractivity contribution in [2.24, 2.45) is 0 Å². The van der Waals surface area contributed by atoms with E-state index in [2.05, 4.69) is 0 Å². The van der Waals surface area contributed by atoms with Crippen LogP contribution in [-0.4, -0.2) is 40.4 Å². The van der Waals surface area contributed by atoms with Crippen molar-refractivity contribution in [2.75, 3.05) is 0 Å². The molecule has 6 heavy (non-hydrogen) atoms. The second-order valence-electron chi connectivity index (χ2n) is 0. The topological polar surface area (TPSA) is 0 Å². The third-order valence-electron chi connectivity index (χ3n) is 0. The van der Waals surface area contributed by atoms with Crippen LogP contribution in [0.4, 0.5) is 0 Å². The van der Waals surface area contributed by atoms with E-state index in [1.165, 1.54) is 0 Å². The van der Waals surface area contributed by atoms with Crippen molar-refractivity contribution >= 4 is 40.4 Å². The zero-order valence-electron chi connectivity index (χ0n) is 1.45. The van der Waals surface area contributed by atoms with Crippen molar-refractivity contribution < 1.29 is 92.1 Å². The van der Waals surface area contributed by atoms with Gasteiger partial charge in [0.1, 0.15) is 0 Å². The van der Waals surface area contributed by atoms with E-state index in [0.717, 1.165) is 0 Å². The van der Waals surface area contributed by atoms with E-state index in [4.69, 9.17) is 0 Å². The fourth-order valence-electron chi connectivity index (χ4n) is 0. The van der Waals surface area contributed by atoms with Crippen molar-refractivity contribution in [3.8, 4) is 0 Å². The van der Waals surface area contributed by atoms with Crippen LogP contribution in [0.5, 0.6) is 0 Å². The number of hydrogen-bond donors (Lipinski definition) is 0. The van der Waals surface area contributed by atoms with Gasteiger partial charge in [-0.2, -0.15) is 0 Å². The maximum Gasteiger partial charge on any atom is 0.316 e. The first-order valence-electron chi connectivity index (χ1n) is 0. The van der Waals surface area contributed by atoms with Gasteiger partial charge in [0.25, 0.3) is 0 Å². The Morgan fingerprint density at radius 1 is 1.00 bits per heavy atom. The van der Waals surface area contributed by atoms with Gasteiger partial charge in [-0.15, -0.1) is 0 Å². The molecule has 0 heterocycles. The summed E-state index contributed by atoms with van der Waals surface area (Å²) in [7, 11) is 0. The van der Waals surface area contributed by atoms with E-state index in [1.54, 1.807) is 0 Å². The molecule has 6 heteroatoms. The Balaban J connectivity index is 0. The Morgan fingerprint density at radius 2 is 1.00 bits per heavy atom. The van der Waals surface area contributed by atoms with Gasteiger partial charge >= 0.3 is 23.1 Å². The van der Waals surface area contributed by atoms with Gasteiger partial charge in [-0.05, 0) is 0 Å². The van der Waals surface area contributed by atoms with Crippen LogP contribution in [0, 0.1) is 41.7 Å². The first-order valence-corrected chi connectivity index (χ1v) is 0. The summed E-state index contributed by atoms with van der Waals surface area (Å²) in [6.45, 7) is 0. The van der Waals surface area contributed by atoms with Crippen LogP contribution in [-0.2, 0) is 50.3 Å². The van der Waals surface area contributed by atoms with Crippen LogP contribution >= 0.6 is 0 Å². The second kappa shape index (κ2) is 35.1. The van der Waals surface area contributed by atoms with E-state index in [1.807, 2.05) is 0 Å². The minimum absolute atomic E-state index is 0. The van der Waals surface area contributed by atoms with E-state index in [9.17, 15) is 0 Å². The van der Waals surface area contributed by atoms with E-state index in [0.29, 0.717) is 0 Å². The third-order valence-corrected chi connectivity index (χ3v) is 0. The van der Waals surface area contributed by atoms with Crippen molar-refractivity contribution in [3.05, 3.63) is 0 Å². The molecule has 0 aliphatic rings. The zero-order valence-corrected chi connectivity index (χ0v) is 7.56. The van der Waals surface area contributed by atoms with Crippen LogP contribution in [0.1, 0.15) is 0 Å². The molecule has 0 aliphatic carbocycles. The summed E-state index contributed by atoms with van der Waals surface area (Å²) in [5.74, 6) is 0. The molecular weight excluding hydrogens is 373 g/mol. The predicted molar refractivity (Wildman–Crippen MR) is 18.5 cm³/mol. The van der Waals surface area contributed by atoms with Gasteiger partial charge < -0.3 is 0 Å². The Kier molecular flexibility index (Phi) is 286. The fourth-order valence-corrected chi connectivity index (χ4v) is 0. The SMILES string of the molecule is [AlH3].[Ce].[Co].[Cu].[MgH2].[Ni]. The Bertz CT molecular complexity index is 15.5. The zero-order chi connectivity index (χ0) is 0. The van der Waals surface area contributed by atoms with Crippen molar-refractivity contribution in [3.63, 3.8) is 0 Å².